The quantitative estimate of drug-likeness (QED) is 0.423. The molecule has 2 aromatic carbocycles. The summed E-state index contributed by atoms with van der Waals surface area (Å²) in [5, 5.41) is 18.2. The highest BCUT2D eigenvalue weighted by Crippen LogP contribution is 2.30. The van der Waals surface area contributed by atoms with Gasteiger partial charge in [0.2, 0.25) is 0 Å². The Hall–Kier alpha value is -4.41. The summed E-state index contributed by atoms with van der Waals surface area (Å²) in [6.07, 6.45) is -1.89. The molecular weight excluding hydrogens is 427 g/mol. The third-order valence-corrected chi connectivity index (χ3v) is 4.50. The van der Waals surface area contributed by atoms with Crippen molar-refractivity contribution in [3.63, 3.8) is 0 Å². The lowest BCUT2D eigenvalue weighted by Gasteiger charge is -2.12. The number of anilines is 2. The van der Waals surface area contributed by atoms with Gasteiger partial charge in [-0.3, -0.25) is 0 Å². The number of nitrogens with one attached hydrogen (secondary N) is 2. The first-order valence-electron chi connectivity index (χ1n) is 9.14. The number of hydrogen-bond donors (Lipinski definition) is 3. The number of benzene rings is 2. The normalized spacial score (nSPS) is 11.3. The third-order valence-electron chi connectivity index (χ3n) is 4.50. The molecule has 11 heteroatoms. The van der Waals surface area contributed by atoms with E-state index < -0.39 is 23.7 Å². The van der Waals surface area contributed by atoms with Gasteiger partial charge in [0.25, 0.3) is 0 Å². The second-order valence-electron chi connectivity index (χ2n) is 6.67. The molecule has 0 unspecified atom stereocenters. The number of nitrogens with zero attached hydrogens (tertiary/aromatic N) is 3. The average Bonchev–Trinajstić information content (AvgIpc) is 3.18. The Morgan fingerprint density at radius 1 is 0.969 bits per heavy atom. The van der Waals surface area contributed by atoms with E-state index in [9.17, 15) is 27.9 Å². The molecule has 0 radical (unpaired) electrons. The molecule has 4 rings (SSSR count). The molecule has 4 aromatic rings. The fraction of sp³-hybridized carbons (Fsp3) is 0.0476. The highest BCUT2D eigenvalue weighted by atomic mass is 19.4. The van der Waals surface area contributed by atoms with E-state index in [1.54, 1.807) is 30.3 Å². The summed E-state index contributed by atoms with van der Waals surface area (Å²) in [6, 6.07) is 11.8. The number of carbonyl (C=O) groups excluding carboxylic acids is 1. The zero-order valence-electron chi connectivity index (χ0n) is 16.1. The van der Waals surface area contributed by atoms with Crippen LogP contribution < -0.4 is 10.6 Å². The first-order chi connectivity index (χ1) is 15.2. The monoisotopic (exact) mass is 441 g/mol. The van der Waals surface area contributed by atoms with Gasteiger partial charge in [-0.1, -0.05) is 18.2 Å². The lowest BCUT2D eigenvalue weighted by molar-refractivity contribution is -0.137. The van der Waals surface area contributed by atoms with E-state index in [0.717, 1.165) is 12.1 Å². The maximum absolute atomic E-state index is 12.8. The Morgan fingerprint density at radius 3 is 2.34 bits per heavy atom. The second kappa shape index (κ2) is 8.02. The van der Waals surface area contributed by atoms with Crippen molar-refractivity contribution >= 4 is 29.0 Å². The molecule has 32 heavy (non-hydrogen) atoms. The Bertz CT molecular complexity index is 1330. The van der Waals surface area contributed by atoms with Gasteiger partial charge in [-0.05, 0) is 36.4 Å². The lowest BCUT2D eigenvalue weighted by atomic mass is 10.1. The molecule has 8 nitrogen and oxygen atoms in total. The van der Waals surface area contributed by atoms with Crippen LogP contribution in [-0.2, 0) is 6.18 Å². The van der Waals surface area contributed by atoms with Crippen LogP contribution in [0.4, 0.5) is 29.3 Å². The van der Waals surface area contributed by atoms with Gasteiger partial charge >= 0.3 is 18.2 Å². The minimum Gasteiger partial charge on any atom is -0.477 e. The van der Waals surface area contributed by atoms with Crippen LogP contribution in [0.3, 0.4) is 0 Å². The molecule has 0 atom stereocenters. The second-order valence-corrected chi connectivity index (χ2v) is 6.67. The number of fused-ring (bicyclic) bond motifs is 1. The summed E-state index contributed by atoms with van der Waals surface area (Å²) in [4.78, 5) is 27.7. The Kier molecular flexibility index (Phi) is 5.23. The van der Waals surface area contributed by atoms with Crippen molar-refractivity contribution in [1.29, 1.82) is 0 Å². The predicted molar refractivity (Wildman–Crippen MR) is 109 cm³/mol. The summed E-state index contributed by atoms with van der Waals surface area (Å²) >= 11 is 0. The largest absolute Gasteiger partial charge is 0.477 e. The topological polar surface area (TPSA) is 109 Å². The fourth-order valence-electron chi connectivity index (χ4n) is 3.08. The number of hydrogen-bond acceptors (Lipinski definition) is 4. The Labute approximate surface area is 178 Å². The van der Waals surface area contributed by atoms with Crippen LogP contribution in [0, 0.1) is 0 Å². The molecule has 2 aromatic heterocycles. The number of aromatic nitrogens is 3. The molecule has 0 saturated heterocycles. The number of carboxylic acids is 1. The van der Waals surface area contributed by atoms with Gasteiger partial charge in [0.05, 0.1) is 17.5 Å². The molecular formula is C21H14F3N5O3. The van der Waals surface area contributed by atoms with Crippen molar-refractivity contribution in [2.24, 2.45) is 0 Å². The summed E-state index contributed by atoms with van der Waals surface area (Å²) in [7, 11) is 0. The molecule has 2 heterocycles. The molecule has 0 aliphatic carbocycles. The van der Waals surface area contributed by atoms with Crippen molar-refractivity contribution in [2.45, 2.75) is 6.18 Å². The van der Waals surface area contributed by atoms with Crippen LogP contribution in [-0.4, -0.2) is 31.7 Å². The van der Waals surface area contributed by atoms with Crippen LogP contribution in [0.25, 0.3) is 16.9 Å². The summed E-state index contributed by atoms with van der Waals surface area (Å²) in [5.41, 5.74) is 0.722. The van der Waals surface area contributed by atoms with E-state index >= 15 is 0 Å². The van der Waals surface area contributed by atoms with Gasteiger partial charge in [0.15, 0.2) is 5.65 Å². The van der Waals surface area contributed by atoms with Crippen LogP contribution in [0.5, 0.6) is 0 Å². The minimum atomic E-state index is -4.52. The van der Waals surface area contributed by atoms with Gasteiger partial charge in [-0.2, -0.15) is 18.3 Å². The fourth-order valence-corrected chi connectivity index (χ4v) is 3.08. The van der Waals surface area contributed by atoms with Gasteiger partial charge in [-0.15, -0.1) is 0 Å². The van der Waals surface area contributed by atoms with Crippen LogP contribution in [0.1, 0.15) is 15.9 Å². The number of halogens is 3. The zero-order chi connectivity index (χ0) is 22.9. The zero-order valence-corrected chi connectivity index (χ0v) is 16.1. The predicted octanol–water partition coefficient (Wildman–Crippen LogP) is 4.76. The lowest BCUT2D eigenvalue weighted by Crippen LogP contribution is -2.19. The highest BCUT2D eigenvalue weighted by molar-refractivity contribution is 6.00. The van der Waals surface area contributed by atoms with Gasteiger partial charge in [0, 0.05) is 23.1 Å². The van der Waals surface area contributed by atoms with Crippen LogP contribution >= 0.6 is 0 Å². The summed E-state index contributed by atoms with van der Waals surface area (Å²) < 4.78 is 39.9. The van der Waals surface area contributed by atoms with Gasteiger partial charge in [-0.25, -0.2) is 19.1 Å². The van der Waals surface area contributed by atoms with Gasteiger partial charge < -0.3 is 15.7 Å². The third kappa shape index (κ3) is 4.21. The molecule has 0 bridgehead atoms. The SMILES string of the molecule is O=C(Nc1cccc(-c2ccnc3c(C(=O)O)cnn23)c1)Nc1cccc(C(F)(F)F)c1. The average molecular weight is 441 g/mol. The maximum Gasteiger partial charge on any atom is 0.416 e. The molecule has 0 aliphatic rings. The Balaban J connectivity index is 1.56. The summed E-state index contributed by atoms with van der Waals surface area (Å²) in [6.45, 7) is 0. The van der Waals surface area contributed by atoms with E-state index in [1.165, 1.54) is 29.0 Å². The number of carbonyl (C=O) groups is 2. The smallest absolute Gasteiger partial charge is 0.416 e. The first kappa shape index (κ1) is 20.8. The van der Waals surface area contributed by atoms with Gasteiger partial charge in [0.1, 0.15) is 5.56 Å². The number of alkyl halides is 3. The highest BCUT2D eigenvalue weighted by Gasteiger charge is 2.30. The van der Waals surface area contributed by atoms with Crippen LogP contribution in [0.15, 0.2) is 67.0 Å². The Morgan fingerprint density at radius 2 is 1.66 bits per heavy atom. The molecule has 162 valence electrons. The maximum atomic E-state index is 12.8. The standard InChI is InChI=1S/C21H14F3N5O3/c22-21(23,24)13-4-2-6-15(10-13)28-20(32)27-14-5-1-3-12(9-14)17-7-8-25-18-16(19(30)31)11-26-29(17)18/h1-11H,(H,30,31)(H2,27,28,32). The number of amides is 2. The van der Waals surface area contributed by atoms with Crippen molar-refractivity contribution in [3.8, 4) is 11.3 Å². The van der Waals surface area contributed by atoms with Crippen molar-refractivity contribution in [3.05, 3.63) is 78.1 Å². The first-order valence-corrected chi connectivity index (χ1v) is 9.14. The van der Waals surface area contributed by atoms with E-state index in [-0.39, 0.29) is 16.9 Å². The summed E-state index contributed by atoms with van der Waals surface area (Å²) in [5.74, 6) is -1.16. The van der Waals surface area contributed by atoms with E-state index in [0.29, 0.717) is 16.9 Å². The number of rotatable bonds is 4. The van der Waals surface area contributed by atoms with Crippen molar-refractivity contribution in [1.82, 2.24) is 14.6 Å². The van der Waals surface area contributed by atoms with E-state index in [1.807, 2.05) is 0 Å². The molecule has 2 amide bonds. The molecule has 0 fully saturated rings. The number of aromatic carboxylic acids is 1. The van der Waals surface area contributed by atoms with Crippen molar-refractivity contribution in [2.75, 3.05) is 10.6 Å². The van der Waals surface area contributed by atoms with E-state index in [2.05, 4.69) is 20.7 Å². The number of urea groups is 1. The molecule has 3 N–H and O–H groups in total. The van der Waals surface area contributed by atoms with Crippen molar-refractivity contribution < 1.29 is 27.9 Å². The number of carboxylic acid groups (broad SMARTS) is 1. The van der Waals surface area contributed by atoms with E-state index in [4.69, 9.17) is 0 Å². The van der Waals surface area contributed by atoms with Crippen LogP contribution in [0.2, 0.25) is 0 Å². The minimum absolute atomic E-state index is 0.0120. The molecule has 0 spiro atoms. The molecule has 0 aliphatic heterocycles. The molecule has 0 saturated carbocycles.